The summed E-state index contributed by atoms with van der Waals surface area (Å²) in [6.07, 6.45) is -0.719. The molecule has 1 aromatic carbocycles. The number of hydrogen-bond acceptors (Lipinski definition) is 3. The summed E-state index contributed by atoms with van der Waals surface area (Å²) in [5.74, 6) is -1.25. The van der Waals surface area contributed by atoms with Gasteiger partial charge in [0.25, 0.3) is 0 Å². The standard InChI is InChI=1S/C12H14BrFO3/c1-7(12(16)17-2)5-11(15)9-6-8(14)3-4-10(9)13/h3-4,6-7,11,15H,5H2,1-2H3. The number of carbonyl (C=O) groups excluding carboxylic acids is 1. The van der Waals surface area contributed by atoms with Gasteiger partial charge >= 0.3 is 5.97 Å². The zero-order chi connectivity index (χ0) is 13.0. The van der Waals surface area contributed by atoms with E-state index in [4.69, 9.17) is 0 Å². The Morgan fingerprint density at radius 1 is 1.59 bits per heavy atom. The summed E-state index contributed by atoms with van der Waals surface area (Å²) in [7, 11) is 1.29. The molecule has 0 aromatic heterocycles. The Kier molecular flexibility index (Phi) is 5.08. The molecule has 0 aliphatic heterocycles. The van der Waals surface area contributed by atoms with Gasteiger partial charge in [-0.1, -0.05) is 22.9 Å². The maximum atomic E-state index is 13.0. The number of aliphatic hydroxyl groups is 1. The Morgan fingerprint density at radius 3 is 2.82 bits per heavy atom. The molecular formula is C12H14BrFO3. The van der Waals surface area contributed by atoms with Crippen LogP contribution in [0, 0.1) is 11.7 Å². The van der Waals surface area contributed by atoms with Crippen molar-refractivity contribution in [2.75, 3.05) is 7.11 Å². The number of halogens is 2. The van der Waals surface area contributed by atoms with E-state index >= 15 is 0 Å². The van der Waals surface area contributed by atoms with E-state index < -0.39 is 23.8 Å². The van der Waals surface area contributed by atoms with Gasteiger partial charge < -0.3 is 9.84 Å². The molecule has 0 heterocycles. The summed E-state index contributed by atoms with van der Waals surface area (Å²) in [6, 6.07) is 4.07. The molecule has 0 spiro atoms. The number of hydrogen-bond donors (Lipinski definition) is 1. The molecule has 0 amide bonds. The highest BCUT2D eigenvalue weighted by Crippen LogP contribution is 2.28. The van der Waals surface area contributed by atoms with Gasteiger partial charge in [-0.05, 0) is 30.2 Å². The SMILES string of the molecule is COC(=O)C(C)CC(O)c1cc(F)ccc1Br. The lowest BCUT2D eigenvalue weighted by Gasteiger charge is -2.16. The van der Waals surface area contributed by atoms with Crippen LogP contribution in [0.2, 0.25) is 0 Å². The Bertz CT molecular complexity index is 409. The number of rotatable bonds is 4. The lowest BCUT2D eigenvalue weighted by atomic mass is 9.98. The number of aliphatic hydroxyl groups excluding tert-OH is 1. The van der Waals surface area contributed by atoms with Crippen molar-refractivity contribution in [1.29, 1.82) is 0 Å². The predicted molar refractivity (Wildman–Crippen MR) is 64.9 cm³/mol. The summed E-state index contributed by atoms with van der Waals surface area (Å²) in [6.45, 7) is 1.66. The molecule has 1 rings (SSSR count). The number of methoxy groups -OCH3 is 1. The Labute approximate surface area is 108 Å². The molecule has 5 heteroatoms. The Hall–Kier alpha value is -0.940. The van der Waals surface area contributed by atoms with E-state index in [2.05, 4.69) is 20.7 Å². The fraction of sp³-hybridized carbons (Fsp3) is 0.417. The van der Waals surface area contributed by atoms with Crippen LogP contribution in [-0.2, 0) is 9.53 Å². The van der Waals surface area contributed by atoms with Gasteiger partial charge in [0, 0.05) is 4.47 Å². The fourth-order valence-corrected chi connectivity index (χ4v) is 2.04. The largest absolute Gasteiger partial charge is 0.469 e. The van der Waals surface area contributed by atoms with Gasteiger partial charge in [-0.3, -0.25) is 4.79 Å². The van der Waals surface area contributed by atoms with Crippen LogP contribution in [0.4, 0.5) is 4.39 Å². The van der Waals surface area contributed by atoms with Crippen LogP contribution < -0.4 is 0 Å². The van der Waals surface area contributed by atoms with Crippen molar-refractivity contribution in [2.45, 2.75) is 19.4 Å². The van der Waals surface area contributed by atoms with E-state index in [0.717, 1.165) is 0 Å². The highest BCUT2D eigenvalue weighted by molar-refractivity contribution is 9.10. The van der Waals surface area contributed by atoms with Gasteiger partial charge in [0.2, 0.25) is 0 Å². The molecule has 3 nitrogen and oxygen atoms in total. The lowest BCUT2D eigenvalue weighted by molar-refractivity contribution is -0.145. The van der Waals surface area contributed by atoms with Crippen LogP contribution in [-0.4, -0.2) is 18.2 Å². The van der Waals surface area contributed by atoms with E-state index in [0.29, 0.717) is 10.0 Å². The zero-order valence-corrected chi connectivity index (χ0v) is 11.2. The number of carbonyl (C=O) groups is 1. The third-order valence-electron chi connectivity index (χ3n) is 2.50. The van der Waals surface area contributed by atoms with Crippen molar-refractivity contribution < 1.29 is 19.0 Å². The normalized spacial score (nSPS) is 14.2. The molecule has 0 aliphatic carbocycles. The summed E-state index contributed by atoms with van der Waals surface area (Å²) in [4.78, 5) is 11.2. The van der Waals surface area contributed by atoms with Crippen LogP contribution in [0.15, 0.2) is 22.7 Å². The van der Waals surface area contributed by atoms with E-state index in [-0.39, 0.29) is 6.42 Å². The Morgan fingerprint density at radius 2 is 2.24 bits per heavy atom. The van der Waals surface area contributed by atoms with Gasteiger partial charge in [-0.2, -0.15) is 0 Å². The third-order valence-corrected chi connectivity index (χ3v) is 3.22. The van der Waals surface area contributed by atoms with Crippen molar-refractivity contribution in [1.82, 2.24) is 0 Å². The molecule has 0 bridgehead atoms. The molecule has 0 radical (unpaired) electrons. The van der Waals surface area contributed by atoms with E-state index in [1.165, 1.54) is 25.3 Å². The van der Waals surface area contributed by atoms with Gasteiger partial charge in [0.15, 0.2) is 0 Å². The average Bonchev–Trinajstić information content (AvgIpc) is 2.30. The van der Waals surface area contributed by atoms with Crippen molar-refractivity contribution >= 4 is 21.9 Å². The van der Waals surface area contributed by atoms with Crippen LogP contribution in [0.5, 0.6) is 0 Å². The van der Waals surface area contributed by atoms with E-state index in [1.54, 1.807) is 6.92 Å². The summed E-state index contributed by atoms with van der Waals surface area (Å²) >= 11 is 3.23. The van der Waals surface area contributed by atoms with Gasteiger partial charge in [0.05, 0.1) is 19.1 Å². The van der Waals surface area contributed by atoms with Crippen molar-refractivity contribution in [3.8, 4) is 0 Å². The van der Waals surface area contributed by atoms with Gasteiger partial charge in [0.1, 0.15) is 5.82 Å². The molecule has 0 aliphatic rings. The second-order valence-electron chi connectivity index (χ2n) is 3.84. The van der Waals surface area contributed by atoms with Gasteiger partial charge in [-0.25, -0.2) is 4.39 Å². The van der Waals surface area contributed by atoms with Crippen molar-refractivity contribution in [2.24, 2.45) is 5.92 Å². The maximum absolute atomic E-state index is 13.0. The fourth-order valence-electron chi connectivity index (χ4n) is 1.53. The van der Waals surface area contributed by atoms with Crippen LogP contribution in [0.3, 0.4) is 0 Å². The Balaban J connectivity index is 2.79. The van der Waals surface area contributed by atoms with Crippen molar-refractivity contribution in [3.63, 3.8) is 0 Å². The molecule has 1 aromatic rings. The van der Waals surface area contributed by atoms with Crippen LogP contribution in [0.25, 0.3) is 0 Å². The third kappa shape index (κ3) is 3.78. The first-order valence-corrected chi connectivity index (χ1v) is 5.95. The molecule has 2 atom stereocenters. The molecule has 2 unspecified atom stereocenters. The first kappa shape index (κ1) is 14.1. The minimum absolute atomic E-state index is 0.189. The average molecular weight is 305 g/mol. The van der Waals surface area contributed by atoms with E-state index in [9.17, 15) is 14.3 Å². The molecule has 0 saturated carbocycles. The minimum atomic E-state index is -0.908. The van der Waals surface area contributed by atoms with Gasteiger partial charge in [-0.15, -0.1) is 0 Å². The highest BCUT2D eigenvalue weighted by Gasteiger charge is 2.20. The smallest absolute Gasteiger partial charge is 0.308 e. The molecule has 0 fully saturated rings. The second-order valence-corrected chi connectivity index (χ2v) is 4.70. The summed E-state index contributed by atoms with van der Waals surface area (Å²) in [5, 5.41) is 9.94. The minimum Gasteiger partial charge on any atom is -0.469 e. The summed E-state index contributed by atoms with van der Waals surface area (Å²) in [5.41, 5.74) is 0.431. The number of ether oxygens (including phenoxy) is 1. The maximum Gasteiger partial charge on any atom is 0.308 e. The molecular weight excluding hydrogens is 291 g/mol. The first-order valence-electron chi connectivity index (χ1n) is 5.16. The summed E-state index contributed by atoms with van der Waals surface area (Å²) < 4.78 is 18.2. The second kappa shape index (κ2) is 6.12. The molecule has 1 N–H and O–H groups in total. The van der Waals surface area contributed by atoms with Crippen LogP contribution >= 0.6 is 15.9 Å². The molecule has 0 saturated heterocycles. The number of esters is 1. The molecule has 17 heavy (non-hydrogen) atoms. The molecule has 94 valence electrons. The lowest BCUT2D eigenvalue weighted by Crippen LogP contribution is -2.16. The van der Waals surface area contributed by atoms with E-state index in [1.807, 2.05) is 0 Å². The van der Waals surface area contributed by atoms with Crippen LogP contribution in [0.1, 0.15) is 25.0 Å². The first-order chi connectivity index (χ1) is 7.95. The highest BCUT2D eigenvalue weighted by atomic mass is 79.9. The van der Waals surface area contributed by atoms with Crippen molar-refractivity contribution in [3.05, 3.63) is 34.1 Å². The predicted octanol–water partition coefficient (Wildman–Crippen LogP) is 2.82. The quantitative estimate of drug-likeness (QED) is 0.870. The monoisotopic (exact) mass is 304 g/mol. The topological polar surface area (TPSA) is 46.5 Å². The number of benzene rings is 1. The zero-order valence-electron chi connectivity index (χ0n) is 9.61.